The van der Waals surface area contributed by atoms with Gasteiger partial charge in [0.25, 0.3) is 5.78 Å². The van der Waals surface area contributed by atoms with Gasteiger partial charge in [0.15, 0.2) is 0 Å². The molecule has 3 aromatic rings. The lowest BCUT2D eigenvalue weighted by Gasteiger charge is -2.27. The second-order valence-electron chi connectivity index (χ2n) is 9.21. The van der Waals surface area contributed by atoms with Crippen molar-refractivity contribution in [1.29, 1.82) is 0 Å². The summed E-state index contributed by atoms with van der Waals surface area (Å²) in [6, 6.07) is 6.11. The highest BCUT2D eigenvalue weighted by Gasteiger charge is 2.32. The highest BCUT2D eigenvalue weighted by Crippen LogP contribution is 2.18. The van der Waals surface area contributed by atoms with Crippen LogP contribution in [0.5, 0.6) is 0 Å². The van der Waals surface area contributed by atoms with Crippen LogP contribution in [-0.4, -0.2) is 73.0 Å². The molecule has 1 atom stereocenters. The van der Waals surface area contributed by atoms with Crippen LogP contribution in [0, 0.1) is 19.7 Å². The molecule has 1 aromatic carbocycles. The fourth-order valence-corrected chi connectivity index (χ4v) is 4.44. The van der Waals surface area contributed by atoms with Crippen molar-refractivity contribution in [2.75, 3.05) is 19.6 Å². The number of benzene rings is 1. The Morgan fingerprint density at radius 3 is 2.66 bits per heavy atom. The Kier molecular flexibility index (Phi) is 7.39. The van der Waals surface area contributed by atoms with E-state index in [1.54, 1.807) is 26.4 Å². The molecule has 0 aliphatic carbocycles. The maximum atomic E-state index is 13.2. The summed E-state index contributed by atoms with van der Waals surface area (Å²) in [4.78, 5) is 38.1. The molecule has 1 unspecified atom stereocenters. The van der Waals surface area contributed by atoms with Gasteiger partial charge >= 0.3 is 0 Å². The van der Waals surface area contributed by atoms with Crippen molar-refractivity contribution >= 4 is 17.6 Å². The van der Waals surface area contributed by atoms with Crippen LogP contribution >= 0.6 is 0 Å². The smallest absolute Gasteiger partial charge is 0.252 e. The van der Waals surface area contributed by atoms with Crippen molar-refractivity contribution in [3.05, 3.63) is 58.9 Å². The Balaban J connectivity index is 1.46. The summed E-state index contributed by atoms with van der Waals surface area (Å²) >= 11 is 0. The van der Waals surface area contributed by atoms with E-state index in [1.165, 1.54) is 18.5 Å². The molecular formula is C25H31FN6O3. The van der Waals surface area contributed by atoms with Crippen LogP contribution < -0.4 is 0 Å². The summed E-state index contributed by atoms with van der Waals surface area (Å²) < 4.78 is 21.0. The Bertz CT molecular complexity index is 1210. The maximum absolute atomic E-state index is 13.2. The molecule has 4 rings (SSSR count). The number of rotatable bonds is 7. The average molecular weight is 483 g/mol. The van der Waals surface area contributed by atoms with Crippen LogP contribution in [-0.2, 0) is 27.4 Å². The van der Waals surface area contributed by atoms with Gasteiger partial charge in [-0.2, -0.15) is 10.1 Å². The predicted molar refractivity (Wildman–Crippen MR) is 127 cm³/mol. The molecule has 0 radical (unpaired) electrons. The second kappa shape index (κ2) is 10.5. The average Bonchev–Trinajstić information content (AvgIpc) is 3.21. The lowest BCUT2D eigenvalue weighted by molar-refractivity contribution is -0.139. The van der Waals surface area contributed by atoms with Gasteiger partial charge in [-0.25, -0.2) is 13.9 Å². The largest absolute Gasteiger partial charge is 0.370 e. The molecule has 1 aliphatic rings. The lowest BCUT2D eigenvalue weighted by atomic mass is 10.1. The zero-order valence-corrected chi connectivity index (χ0v) is 20.6. The van der Waals surface area contributed by atoms with Gasteiger partial charge in [-0.05, 0) is 57.4 Å². The first-order valence-electron chi connectivity index (χ1n) is 11.8. The van der Waals surface area contributed by atoms with Gasteiger partial charge in [0.2, 0.25) is 11.8 Å². The number of halogens is 1. The van der Waals surface area contributed by atoms with Crippen LogP contribution in [0.2, 0.25) is 0 Å². The lowest BCUT2D eigenvalue weighted by Crippen LogP contribution is -2.42. The number of amides is 2. The number of hydrogen-bond acceptors (Lipinski definition) is 6. The highest BCUT2D eigenvalue weighted by molar-refractivity contribution is 5.85. The van der Waals surface area contributed by atoms with Crippen LogP contribution in [0.4, 0.5) is 4.39 Å². The summed E-state index contributed by atoms with van der Waals surface area (Å²) in [7, 11) is 0. The number of aryl methyl sites for hydroxylation is 2. The molecule has 186 valence electrons. The molecule has 1 fully saturated rings. The van der Waals surface area contributed by atoms with E-state index in [9.17, 15) is 14.0 Å². The molecule has 1 aliphatic heterocycles. The SMILES string of the molecule is Cc1nc2ncnn2c(C)c1CCC(=O)N1CC(=O)N(C(C)C)CC(OCc2ccc(F)cc2)C1. The Morgan fingerprint density at radius 2 is 1.94 bits per heavy atom. The topological polar surface area (TPSA) is 92.9 Å². The molecular weight excluding hydrogens is 451 g/mol. The minimum Gasteiger partial charge on any atom is -0.370 e. The van der Waals surface area contributed by atoms with E-state index < -0.39 is 0 Å². The molecule has 2 amide bonds. The third-order valence-corrected chi connectivity index (χ3v) is 6.42. The number of nitrogens with zero attached hydrogens (tertiary/aromatic N) is 6. The molecule has 1 saturated heterocycles. The van der Waals surface area contributed by atoms with Gasteiger partial charge in [-0.15, -0.1) is 0 Å². The van der Waals surface area contributed by atoms with Gasteiger partial charge in [0.1, 0.15) is 12.1 Å². The van der Waals surface area contributed by atoms with Crippen molar-refractivity contribution < 1.29 is 18.7 Å². The quantitative estimate of drug-likeness (QED) is 0.514. The van der Waals surface area contributed by atoms with E-state index in [0.29, 0.717) is 25.3 Å². The first kappa shape index (κ1) is 24.7. The van der Waals surface area contributed by atoms with E-state index in [2.05, 4.69) is 15.1 Å². The minimum absolute atomic E-state index is 0.0137. The van der Waals surface area contributed by atoms with E-state index in [4.69, 9.17) is 4.74 Å². The van der Waals surface area contributed by atoms with E-state index in [-0.39, 0.29) is 49.3 Å². The number of ether oxygens (including phenoxy) is 1. The summed E-state index contributed by atoms with van der Waals surface area (Å²) in [5.41, 5.74) is 3.49. The summed E-state index contributed by atoms with van der Waals surface area (Å²) in [5.74, 6) is 0.0134. The summed E-state index contributed by atoms with van der Waals surface area (Å²) in [6.07, 6.45) is 1.83. The number of carbonyl (C=O) groups is 2. The molecule has 0 N–H and O–H groups in total. The van der Waals surface area contributed by atoms with Crippen molar-refractivity contribution in [1.82, 2.24) is 29.4 Å². The molecule has 10 heteroatoms. The monoisotopic (exact) mass is 482 g/mol. The number of aromatic nitrogens is 4. The normalized spacial score (nSPS) is 16.9. The van der Waals surface area contributed by atoms with Gasteiger partial charge in [0, 0.05) is 36.9 Å². The zero-order valence-electron chi connectivity index (χ0n) is 20.6. The van der Waals surface area contributed by atoms with Gasteiger partial charge in [-0.3, -0.25) is 9.59 Å². The van der Waals surface area contributed by atoms with Crippen LogP contribution in [0.3, 0.4) is 0 Å². The van der Waals surface area contributed by atoms with Crippen molar-refractivity contribution in [2.45, 2.75) is 59.3 Å². The molecule has 35 heavy (non-hydrogen) atoms. The summed E-state index contributed by atoms with van der Waals surface area (Å²) in [5, 5.41) is 4.20. The Morgan fingerprint density at radius 1 is 1.20 bits per heavy atom. The third-order valence-electron chi connectivity index (χ3n) is 6.42. The highest BCUT2D eigenvalue weighted by atomic mass is 19.1. The van der Waals surface area contributed by atoms with E-state index in [1.807, 2.05) is 27.7 Å². The van der Waals surface area contributed by atoms with Gasteiger partial charge in [-0.1, -0.05) is 12.1 Å². The molecule has 3 heterocycles. The Hall–Kier alpha value is -3.40. The van der Waals surface area contributed by atoms with Crippen molar-refractivity contribution in [3.63, 3.8) is 0 Å². The van der Waals surface area contributed by atoms with Crippen LogP contribution in [0.25, 0.3) is 5.78 Å². The standard InChI is InChI=1S/C25H31FN6O3/c1-16(2)31-12-21(35-14-19-5-7-20(26)8-6-19)11-30(13-24(31)34)23(33)10-9-22-17(3)29-25-27-15-28-32(25)18(22)4/h5-8,15-16,21H,9-14H2,1-4H3. The zero-order chi connectivity index (χ0) is 25.1. The van der Waals surface area contributed by atoms with E-state index >= 15 is 0 Å². The molecule has 9 nitrogen and oxygen atoms in total. The third kappa shape index (κ3) is 5.64. The molecule has 0 bridgehead atoms. The van der Waals surface area contributed by atoms with Gasteiger partial charge < -0.3 is 14.5 Å². The fraction of sp³-hybridized carbons (Fsp3) is 0.480. The van der Waals surface area contributed by atoms with Crippen molar-refractivity contribution in [3.8, 4) is 0 Å². The molecule has 0 saturated carbocycles. The van der Waals surface area contributed by atoms with Crippen LogP contribution in [0.15, 0.2) is 30.6 Å². The second-order valence-corrected chi connectivity index (χ2v) is 9.21. The van der Waals surface area contributed by atoms with Gasteiger partial charge in [0.05, 0.1) is 19.3 Å². The molecule has 0 spiro atoms. The number of hydrogen-bond donors (Lipinski definition) is 0. The van der Waals surface area contributed by atoms with Crippen LogP contribution in [0.1, 0.15) is 42.8 Å². The predicted octanol–water partition coefficient (Wildman–Crippen LogP) is 2.48. The fourth-order valence-electron chi connectivity index (χ4n) is 4.44. The first-order valence-corrected chi connectivity index (χ1v) is 11.8. The first-order chi connectivity index (χ1) is 16.7. The molecule has 2 aromatic heterocycles. The minimum atomic E-state index is -0.352. The number of fused-ring (bicyclic) bond motifs is 1. The Labute approximate surface area is 203 Å². The summed E-state index contributed by atoms with van der Waals surface area (Å²) in [6.45, 7) is 8.74. The number of carbonyl (C=O) groups excluding carboxylic acids is 2. The van der Waals surface area contributed by atoms with E-state index in [0.717, 1.165) is 22.5 Å². The maximum Gasteiger partial charge on any atom is 0.252 e. The van der Waals surface area contributed by atoms with Crippen molar-refractivity contribution in [2.24, 2.45) is 0 Å².